The first-order valence-electron chi connectivity index (χ1n) is 26.9. The van der Waals surface area contributed by atoms with Crippen molar-refractivity contribution >= 4 is 115 Å². The van der Waals surface area contributed by atoms with Crippen LogP contribution >= 0.6 is 44.1 Å². The second-order valence-electron chi connectivity index (χ2n) is 20.5. The first kappa shape index (κ1) is 67.1. The standard InChI is InChI=1S/C57H70N7O17PS3/c1-31(65)75-26-41-49(76-32(2)66)50(77-33(3)67)45(54(79-41)78-34(4)68)62-42(69)19-14-24-59-51(72)40(58)29-83-30-44(71)61-38-20-22-39(23-21-38)84-27-37-28-85-53-46(63-43(70)25-60-56(74)81-57(5,6)7)52(73)64(53)47(37)55(82)80-48(35-15-10-8-11-16-35)36-17-12-9-13-18-36/h8-13,15-18,20-23,40-41,45-46,48-50,53-54,82H,14,19,24-30,58H2,1-7H3,(H,59,72)(H,60,74)(H,61,71)(H,62,69)(H,63,70)/t40?,41?,45-,46?,49?,50+,53?,54+/m1/s1. The molecule has 24 nitrogen and oxygen atoms in total. The first-order valence-corrected chi connectivity index (χ1v) is 30.6. The molecule has 3 aromatic rings. The fourth-order valence-corrected chi connectivity index (χ4v) is 12.4. The number of anilines is 1. The van der Waals surface area contributed by atoms with Crippen LogP contribution in [0.4, 0.5) is 10.5 Å². The van der Waals surface area contributed by atoms with Gasteiger partial charge in [0.25, 0.3) is 5.91 Å². The van der Waals surface area contributed by atoms with E-state index in [9.17, 15) is 47.9 Å². The number of fused-ring (bicyclic) bond motifs is 1. The largest absolute Gasteiger partial charge is 0.463 e. The SMILES string of the molecule is CC(=O)OCC1O[C@H](OC(C)=O)[C@H](NC(=O)CCCNC(=O)C(N)CSCC(=O)Nc2ccc(SCC3=C(C(=P)OC(c4ccccc4)c4ccccc4)N4C(=O)C(NC(=O)CNC(=O)OC(C)(C)C)C4SC3)cc2)[C@H](OC(C)=O)C1OC(C)=O. The Morgan fingerprint density at radius 1 is 0.788 bits per heavy atom. The fourth-order valence-electron chi connectivity index (χ4n) is 8.79. The van der Waals surface area contributed by atoms with Gasteiger partial charge in [0.05, 0.1) is 17.5 Å². The topological polar surface area (TPSA) is 325 Å². The van der Waals surface area contributed by atoms with Crippen molar-refractivity contribution in [3.05, 3.63) is 107 Å². The molecule has 5 unspecified atom stereocenters. The molecule has 2 saturated heterocycles. The Morgan fingerprint density at radius 2 is 1.41 bits per heavy atom. The maximum atomic E-state index is 14.0. The molecule has 7 N–H and O–H groups in total. The number of hydrogen-bond acceptors (Lipinski definition) is 21. The van der Waals surface area contributed by atoms with Gasteiger partial charge in [0, 0.05) is 68.5 Å². The number of amides is 6. The summed E-state index contributed by atoms with van der Waals surface area (Å²) in [6.45, 7) is 8.67. The Bertz CT molecular complexity index is 2920. The second-order valence-corrected chi connectivity index (χ2v) is 24.1. The van der Waals surface area contributed by atoms with Gasteiger partial charge in [0.1, 0.15) is 53.9 Å². The Labute approximate surface area is 506 Å². The molecule has 0 aliphatic carbocycles. The number of carbonyl (C=O) groups excluding carboxylic acids is 10. The average molecular weight is 1250 g/mol. The van der Waals surface area contributed by atoms with Gasteiger partial charge in [-0.05, 0) is 68.2 Å². The number of esters is 4. The third-order valence-corrected chi connectivity index (χ3v) is 16.3. The highest BCUT2D eigenvalue weighted by Crippen LogP contribution is 2.43. The molecule has 3 aromatic carbocycles. The number of nitrogens with one attached hydrogen (secondary N) is 5. The summed E-state index contributed by atoms with van der Waals surface area (Å²) in [5.41, 5.74) is 9.43. The Hall–Kier alpha value is -7.00. The van der Waals surface area contributed by atoms with E-state index in [0.29, 0.717) is 28.4 Å². The smallest absolute Gasteiger partial charge is 0.408 e. The summed E-state index contributed by atoms with van der Waals surface area (Å²) in [4.78, 5) is 129. The molecule has 0 saturated carbocycles. The van der Waals surface area contributed by atoms with Crippen molar-refractivity contribution < 1.29 is 81.1 Å². The summed E-state index contributed by atoms with van der Waals surface area (Å²) < 4.78 is 38.9. The van der Waals surface area contributed by atoms with Crippen LogP contribution in [-0.2, 0) is 76.3 Å². The molecule has 3 heterocycles. The van der Waals surface area contributed by atoms with Gasteiger partial charge in [0.2, 0.25) is 29.9 Å². The maximum absolute atomic E-state index is 14.0. The van der Waals surface area contributed by atoms with Crippen LogP contribution in [0.2, 0.25) is 0 Å². The molecule has 3 aliphatic heterocycles. The zero-order chi connectivity index (χ0) is 62.0. The molecule has 458 valence electrons. The molecule has 0 radical (unpaired) electrons. The number of nitrogens with zero attached hydrogens (tertiary/aromatic N) is 1. The maximum Gasteiger partial charge on any atom is 0.408 e. The molecule has 85 heavy (non-hydrogen) atoms. The highest BCUT2D eigenvalue weighted by molar-refractivity contribution is 8.01. The minimum Gasteiger partial charge on any atom is -0.463 e. The van der Waals surface area contributed by atoms with E-state index in [1.165, 1.54) is 23.5 Å². The van der Waals surface area contributed by atoms with Gasteiger partial charge in [0.15, 0.2) is 12.2 Å². The third kappa shape index (κ3) is 20.6. The van der Waals surface area contributed by atoms with E-state index in [1.54, 1.807) is 37.8 Å². The Kier molecular flexibility index (Phi) is 25.2. The third-order valence-electron chi connectivity index (χ3n) is 12.4. The molecule has 0 bridgehead atoms. The van der Waals surface area contributed by atoms with Crippen LogP contribution in [0.25, 0.3) is 0 Å². The average Bonchev–Trinajstić information content (AvgIpc) is 0.934. The van der Waals surface area contributed by atoms with E-state index in [-0.39, 0.29) is 49.3 Å². The normalized spacial score (nSPS) is 20.3. The van der Waals surface area contributed by atoms with E-state index in [2.05, 4.69) is 35.4 Å². The number of benzene rings is 3. The van der Waals surface area contributed by atoms with Crippen molar-refractivity contribution in [3.8, 4) is 0 Å². The van der Waals surface area contributed by atoms with Crippen molar-refractivity contribution in [1.29, 1.82) is 0 Å². The molecule has 8 atom stereocenters. The quantitative estimate of drug-likeness (QED) is 0.0156. The van der Waals surface area contributed by atoms with Crippen LogP contribution in [0.15, 0.2) is 101 Å². The second kappa shape index (κ2) is 31.9. The first-order chi connectivity index (χ1) is 40.4. The predicted molar refractivity (Wildman–Crippen MR) is 319 cm³/mol. The van der Waals surface area contributed by atoms with Crippen LogP contribution in [0.1, 0.15) is 78.5 Å². The minimum atomic E-state index is -1.56. The Balaban J connectivity index is 0.990. The van der Waals surface area contributed by atoms with Crippen LogP contribution in [-0.4, -0.2) is 166 Å². The van der Waals surface area contributed by atoms with E-state index in [0.717, 1.165) is 61.1 Å². The van der Waals surface area contributed by atoms with E-state index in [1.807, 2.05) is 72.8 Å². The summed E-state index contributed by atoms with van der Waals surface area (Å²) in [5.74, 6) is -4.54. The number of rotatable bonds is 27. The Morgan fingerprint density at radius 3 is 2.01 bits per heavy atom. The van der Waals surface area contributed by atoms with E-state index in [4.69, 9.17) is 38.9 Å². The zero-order valence-electron chi connectivity index (χ0n) is 47.8. The van der Waals surface area contributed by atoms with Gasteiger partial charge in [-0.1, -0.05) is 69.5 Å². The molecule has 6 rings (SSSR count). The number of ether oxygens (including phenoxy) is 7. The molecule has 6 amide bonds. The van der Waals surface area contributed by atoms with Crippen LogP contribution < -0.4 is 32.3 Å². The van der Waals surface area contributed by atoms with E-state index < -0.39 is 114 Å². The summed E-state index contributed by atoms with van der Waals surface area (Å²) >= 11 is 4.15. The van der Waals surface area contributed by atoms with Crippen molar-refractivity contribution in [2.75, 3.05) is 48.0 Å². The highest BCUT2D eigenvalue weighted by Gasteiger charge is 2.54. The van der Waals surface area contributed by atoms with Crippen LogP contribution in [0.5, 0.6) is 0 Å². The van der Waals surface area contributed by atoms with Crippen molar-refractivity contribution in [3.63, 3.8) is 0 Å². The molecular weight excluding hydrogens is 1180 g/mol. The monoisotopic (exact) mass is 1250 g/mol. The predicted octanol–water partition coefficient (Wildman–Crippen LogP) is 4.13. The molecule has 0 spiro atoms. The molecule has 2 fully saturated rings. The molecular formula is C57H70N7O17PS3. The van der Waals surface area contributed by atoms with Crippen molar-refractivity contribution in [1.82, 2.24) is 26.2 Å². The number of nitrogens with two attached hydrogens (primary N) is 1. The summed E-state index contributed by atoms with van der Waals surface area (Å²) in [7, 11) is 3.81. The lowest BCUT2D eigenvalue weighted by atomic mass is 9.95. The lowest BCUT2D eigenvalue weighted by Crippen LogP contribution is -2.71. The minimum absolute atomic E-state index is 0.0188. The van der Waals surface area contributed by atoms with Gasteiger partial charge in [-0.2, -0.15) is 0 Å². The number of carbonyl (C=O) groups is 10. The van der Waals surface area contributed by atoms with Gasteiger partial charge >= 0.3 is 30.0 Å². The molecule has 0 aromatic heterocycles. The molecule has 28 heteroatoms. The van der Waals surface area contributed by atoms with E-state index >= 15 is 0 Å². The summed E-state index contributed by atoms with van der Waals surface area (Å²) in [5, 5.41) is 12.8. The van der Waals surface area contributed by atoms with Gasteiger partial charge in [-0.3, -0.25) is 48.1 Å². The number of hydrogen-bond donors (Lipinski definition) is 6. The van der Waals surface area contributed by atoms with Gasteiger partial charge < -0.3 is 65.5 Å². The van der Waals surface area contributed by atoms with Crippen LogP contribution in [0, 0.1) is 0 Å². The van der Waals surface area contributed by atoms with Gasteiger partial charge in [-0.15, -0.1) is 35.3 Å². The van der Waals surface area contributed by atoms with Crippen molar-refractivity contribution in [2.45, 2.75) is 126 Å². The highest BCUT2D eigenvalue weighted by atomic mass is 32.2. The number of thioether (sulfide) groups is 3. The fraction of sp³-hybridized carbons (Fsp3) is 0.456. The van der Waals surface area contributed by atoms with Crippen LogP contribution in [0.3, 0.4) is 0 Å². The lowest BCUT2D eigenvalue weighted by Gasteiger charge is -2.50. The zero-order valence-corrected chi connectivity index (χ0v) is 51.3. The lowest BCUT2D eigenvalue weighted by molar-refractivity contribution is -0.271. The van der Waals surface area contributed by atoms with Gasteiger partial charge in [-0.25, -0.2) is 4.79 Å². The molecule has 3 aliphatic rings. The number of β-lactam (4-membered cyclic amide) rings is 1. The summed E-state index contributed by atoms with van der Waals surface area (Å²) in [6, 6.07) is 23.3. The number of alkyl carbamates (subject to hydrolysis) is 1. The van der Waals surface area contributed by atoms with Crippen molar-refractivity contribution in [2.24, 2.45) is 5.73 Å². The summed E-state index contributed by atoms with van der Waals surface area (Å²) in [6.07, 6.45) is -7.03.